The number of carbonyl (C=O) groups is 1. The molecule has 0 unspecified atom stereocenters. The van der Waals surface area contributed by atoms with Gasteiger partial charge in [0.2, 0.25) is 0 Å². The van der Waals surface area contributed by atoms with Crippen molar-refractivity contribution in [2.45, 2.75) is 19.4 Å². The minimum Gasteiger partial charge on any atom is -0.352 e. The molecule has 1 fully saturated rings. The first-order valence-corrected chi connectivity index (χ1v) is 13.0. The highest BCUT2D eigenvalue weighted by Gasteiger charge is 2.24. The van der Waals surface area contributed by atoms with Gasteiger partial charge < -0.3 is 10.2 Å². The number of likely N-dealkylation sites (N-methyl/N-ethyl adjacent to an activating group) is 1. The van der Waals surface area contributed by atoms with E-state index in [1.54, 1.807) is 12.1 Å². The number of pyridine rings is 1. The fourth-order valence-corrected chi connectivity index (χ4v) is 5.00. The summed E-state index contributed by atoms with van der Waals surface area (Å²) in [6.45, 7) is 5.09. The zero-order valence-corrected chi connectivity index (χ0v) is 21.3. The van der Waals surface area contributed by atoms with Gasteiger partial charge in [-0.25, -0.2) is 9.37 Å². The molecule has 1 aromatic heterocycles. The Labute approximate surface area is 217 Å². The number of rotatable bonds is 8. The minimum absolute atomic E-state index is 0.0841. The second-order valence-electron chi connectivity index (χ2n) is 9.77. The predicted octanol–water partition coefficient (Wildman–Crippen LogP) is 5.15. The molecule has 0 atom stereocenters. The number of aromatic nitrogens is 1. The number of halogens is 1. The van der Waals surface area contributed by atoms with Gasteiger partial charge in [0.15, 0.2) is 0 Å². The number of piperazine rings is 1. The van der Waals surface area contributed by atoms with Crippen LogP contribution in [0.4, 0.5) is 4.39 Å². The third-order valence-corrected chi connectivity index (χ3v) is 7.06. The molecule has 0 spiro atoms. The first kappa shape index (κ1) is 25.1. The van der Waals surface area contributed by atoms with E-state index in [1.807, 2.05) is 48.5 Å². The van der Waals surface area contributed by atoms with E-state index in [9.17, 15) is 9.18 Å². The van der Waals surface area contributed by atoms with Gasteiger partial charge in [0, 0.05) is 55.8 Å². The van der Waals surface area contributed by atoms with E-state index in [-0.39, 0.29) is 11.7 Å². The van der Waals surface area contributed by atoms with Crippen LogP contribution in [-0.2, 0) is 13.0 Å². The Balaban J connectivity index is 1.47. The number of hydrogen-bond acceptors (Lipinski definition) is 4. The van der Waals surface area contributed by atoms with Gasteiger partial charge in [-0.3, -0.25) is 9.69 Å². The summed E-state index contributed by atoms with van der Waals surface area (Å²) < 4.78 is 13.5. The van der Waals surface area contributed by atoms with Crippen LogP contribution in [0.2, 0.25) is 0 Å². The lowest BCUT2D eigenvalue weighted by Crippen LogP contribution is -2.44. The summed E-state index contributed by atoms with van der Waals surface area (Å²) >= 11 is 0. The van der Waals surface area contributed by atoms with Crippen molar-refractivity contribution in [2.24, 2.45) is 0 Å². The average molecular weight is 497 g/mol. The largest absolute Gasteiger partial charge is 0.352 e. The van der Waals surface area contributed by atoms with Crippen molar-refractivity contribution in [3.63, 3.8) is 0 Å². The monoisotopic (exact) mass is 496 g/mol. The quantitative estimate of drug-likeness (QED) is 0.343. The molecule has 0 bridgehead atoms. The van der Waals surface area contributed by atoms with E-state index < -0.39 is 0 Å². The summed E-state index contributed by atoms with van der Waals surface area (Å²) in [5.74, 6) is -0.314. The third-order valence-electron chi connectivity index (χ3n) is 7.06. The fourth-order valence-electron chi connectivity index (χ4n) is 5.00. The van der Waals surface area contributed by atoms with Crippen LogP contribution in [-0.4, -0.2) is 60.5 Å². The van der Waals surface area contributed by atoms with Crippen LogP contribution in [0.25, 0.3) is 22.2 Å². The van der Waals surface area contributed by atoms with Crippen LogP contribution in [0, 0.1) is 5.82 Å². The Morgan fingerprint density at radius 1 is 0.946 bits per heavy atom. The van der Waals surface area contributed by atoms with Gasteiger partial charge in [-0.05, 0) is 43.7 Å². The molecule has 0 radical (unpaired) electrons. The topological polar surface area (TPSA) is 48.5 Å². The van der Waals surface area contributed by atoms with Gasteiger partial charge in [0.05, 0.1) is 16.8 Å². The van der Waals surface area contributed by atoms with Crippen LogP contribution in [0.1, 0.15) is 27.9 Å². The van der Waals surface area contributed by atoms with Gasteiger partial charge in [0.25, 0.3) is 5.91 Å². The van der Waals surface area contributed by atoms with Crippen LogP contribution in [0.3, 0.4) is 0 Å². The van der Waals surface area contributed by atoms with Crippen LogP contribution in [0.5, 0.6) is 0 Å². The summed E-state index contributed by atoms with van der Waals surface area (Å²) in [5, 5.41) is 4.02. The summed E-state index contributed by atoms with van der Waals surface area (Å²) in [4.78, 5) is 23.6. The molecule has 1 aliphatic heterocycles. The van der Waals surface area contributed by atoms with Crippen molar-refractivity contribution >= 4 is 16.8 Å². The lowest BCUT2D eigenvalue weighted by Gasteiger charge is -2.33. The number of hydrogen-bond donors (Lipinski definition) is 1. The Morgan fingerprint density at radius 3 is 2.49 bits per heavy atom. The molecule has 4 aromatic rings. The zero-order chi connectivity index (χ0) is 25.6. The molecule has 3 aromatic carbocycles. The lowest BCUT2D eigenvalue weighted by molar-refractivity contribution is 0.0951. The molecule has 1 aliphatic rings. The molecule has 5 nitrogen and oxygen atoms in total. The van der Waals surface area contributed by atoms with Crippen molar-refractivity contribution < 1.29 is 9.18 Å². The predicted molar refractivity (Wildman–Crippen MR) is 147 cm³/mol. The minimum atomic E-state index is -0.230. The van der Waals surface area contributed by atoms with Crippen LogP contribution >= 0.6 is 0 Å². The van der Waals surface area contributed by atoms with Crippen molar-refractivity contribution in [3.05, 3.63) is 101 Å². The van der Waals surface area contributed by atoms with E-state index >= 15 is 0 Å². The zero-order valence-electron chi connectivity index (χ0n) is 21.3. The molecule has 0 aliphatic carbocycles. The van der Waals surface area contributed by atoms with Crippen molar-refractivity contribution in [1.82, 2.24) is 20.1 Å². The molecule has 1 saturated heterocycles. The molecule has 1 N–H and O–H groups in total. The molecule has 1 amide bonds. The lowest BCUT2D eigenvalue weighted by atomic mass is 9.95. The number of benzene rings is 3. The summed E-state index contributed by atoms with van der Waals surface area (Å²) in [6.07, 6.45) is 1.44. The van der Waals surface area contributed by atoms with Gasteiger partial charge >= 0.3 is 0 Å². The van der Waals surface area contributed by atoms with E-state index in [2.05, 4.69) is 34.3 Å². The molecule has 0 saturated carbocycles. The normalized spacial score (nSPS) is 14.6. The van der Waals surface area contributed by atoms with Crippen LogP contribution < -0.4 is 5.32 Å². The number of fused-ring (bicyclic) bond motifs is 1. The highest BCUT2D eigenvalue weighted by atomic mass is 19.1. The number of nitrogens with zero attached hydrogens (tertiary/aromatic N) is 3. The second kappa shape index (κ2) is 11.6. The SMILES string of the molecule is CN1CCN(Cc2c(-c3ccccc3)nc3ccccc3c2C(=O)NCCCc2cccc(F)c2)CC1. The van der Waals surface area contributed by atoms with Gasteiger partial charge in [-0.2, -0.15) is 0 Å². The van der Waals surface area contributed by atoms with E-state index in [1.165, 1.54) is 6.07 Å². The molecule has 5 rings (SSSR count). The first-order chi connectivity index (χ1) is 18.1. The molecule has 6 heteroatoms. The maximum atomic E-state index is 13.8. The van der Waals surface area contributed by atoms with Crippen molar-refractivity contribution in [1.29, 1.82) is 0 Å². The summed E-state index contributed by atoms with van der Waals surface area (Å²) in [5.41, 5.74) is 5.30. The van der Waals surface area contributed by atoms with Crippen LogP contribution in [0.15, 0.2) is 78.9 Å². The molecular formula is C31H33FN4O. The molecule has 190 valence electrons. The van der Waals surface area contributed by atoms with E-state index in [0.717, 1.165) is 65.9 Å². The smallest absolute Gasteiger partial charge is 0.252 e. The highest BCUT2D eigenvalue weighted by Crippen LogP contribution is 2.31. The average Bonchev–Trinajstić information content (AvgIpc) is 2.92. The fraction of sp³-hybridized carbons (Fsp3) is 0.290. The Hall–Kier alpha value is -3.61. The maximum absolute atomic E-state index is 13.8. The number of carbonyl (C=O) groups excluding carboxylic acids is 1. The Morgan fingerprint density at radius 2 is 1.70 bits per heavy atom. The maximum Gasteiger partial charge on any atom is 0.252 e. The number of amides is 1. The highest BCUT2D eigenvalue weighted by molar-refractivity contribution is 6.09. The molecule has 2 heterocycles. The van der Waals surface area contributed by atoms with Gasteiger partial charge in [-0.1, -0.05) is 60.7 Å². The summed E-state index contributed by atoms with van der Waals surface area (Å²) in [6, 6.07) is 24.7. The second-order valence-corrected chi connectivity index (χ2v) is 9.77. The number of aryl methyl sites for hydroxylation is 1. The molecule has 37 heavy (non-hydrogen) atoms. The number of nitrogens with one attached hydrogen (secondary N) is 1. The van der Waals surface area contributed by atoms with E-state index in [4.69, 9.17) is 4.98 Å². The van der Waals surface area contributed by atoms with Crippen molar-refractivity contribution in [3.8, 4) is 11.3 Å². The Bertz CT molecular complexity index is 1370. The Kier molecular flexibility index (Phi) is 7.87. The van der Waals surface area contributed by atoms with Gasteiger partial charge in [0.1, 0.15) is 5.82 Å². The first-order valence-electron chi connectivity index (χ1n) is 13.0. The van der Waals surface area contributed by atoms with E-state index in [0.29, 0.717) is 25.1 Å². The third kappa shape index (κ3) is 6.04. The van der Waals surface area contributed by atoms with Crippen molar-refractivity contribution in [2.75, 3.05) is 39.8 Å². The molecular weight excluding hydrogens is 463 g/mol. The standard InChI is InChI=1S/C31H33FN4O/c1-35-17-19-36(20-18-35)22-27-29(31(37)33-16-8-10-23-9-7-13-25(32)21-23)26-14-5-6-15-28(26)34-30(27)24-11-3-2-4-12-24/h2-7,9,11-15,21H,8,10,16-20,22H2,1H3,(H,33,37). The van der Waals surface area contributed by atoms with Gasteiger partial charge in [-0.15, -0.1) is 0 Å². The number of para-hydroxylation sites is 1. The summed E-state index contributed by atoms with van der Waals surface area (Å²) in [7, 11) is 2.15.